The van der Waals surface area contributed by atoms with Gasteiger partial charge in [-0.3, -0.25) is 0 Å². The molecule has 0 saturated heterocycles. The van der Waals surface area contributed by atoms with Gasteiger partial charge in [0.2, 0.25) is 0 Å². The maximum absolute atomic E-state index is 16.3. The van der Waals surface area contributed by atoms with Crippen LogP contribution in [0.5, 0.6) is 0 Å². The van der Waals surface area contributed by atoms with Crippen molar-refractivity contribution < 1.29 is 9.13 Å². The highest BCUT2D eigenvalue weighted by Gasteiger charge is 2.39. The van der Waals surface area contributed by atoms with E-state index in [2.05, 4.69) is 24.3 Å². The van der Waals surface area contributed by atoms with Crippen molar-refractivity contribution in [3.05, 3.63) is 168 Å². The first kappa shape index (κ1) is 31.1. The molecule has 0 heterocycles. The molecule has 6 aromatic carbocycles. The third-order valence-electron chi connectivity index (χ3n) is 10.4. The van der Waals surface area contributed by atoms with Crippen LogP contribution in [0.3, 0.4) is 0 Å². The zero-order valence-corrected chi connectivity index (χ0v) is 29.0. The molecular weight excluding hydrogens is 622 g/mol. The van der Waals surface area contributed by atoms with Crippen LogP contribution >= 0.6 is 14.3 Å². The Labute approximate surface area is 284 Å². The Hall–Kier alpha value is -4.22. The summed E-state index contributed by atoms with van der Waals surface area (Å²) in [6.07, 6.45) is 8.32. The summed E-state index contributed by atoms with van der Waals surface area (Å²) >= 11 is 0. The van der Waals surface area contributed by atoms with Crippen LogP contribution in [0.1, 0.15) is 47.9 Å². The molecule has 0 saturated carbocycles. The topological polar surface area (TPSA) is 34.1 Å². The van der Waals surface area contributed by atoms with E-state index in [0.29, 0.717) is 0 Å². The van der Waals surface area contributed by atoms with Gasteiger partial charge in [0.1, 0.15) is 0 Å². The van der Waals surface area contributed by atoms with Gasteiger partial charge < -0.3 is 9.13 Å². The summed E-state index contributed by atoms with van der Waals surface area (Å²) in [5.74, 6) is 0. The van der Waals surface area contributed by atoms with Crippen LogP contribution in [0.15, 0.2) is 146 Å². The van der Waals surface area contributed by atoms with Gasteiger partial charge in [0.15, 0.2) is 14.3 Å². The fourth-order valence-electron chi connectivity index (χ4n) is 8.12. The van der Waals surface area contributed by atoms with Crippen molar-refractivity contribution in [1.29, 1.82) is 0 Å². The van der Waals surface area contributed by atoms with Crippen LogP contribution in [0.25, 0.3) is 11.1 Å². The first-order chi connectivity index (χ1) is 23.6. The maximum Gasteiger partial charge on any atom is 0.171 e. The summed E-state index contributed by atoms with van der Waals surface area (Å²) in [5, 5.41) is 5.05. The lowest BCUT2D eigenvalue weighted by molar-refractivity contribution is 0.591. The van der Waals surface area contributed by atoms with Gasteiger partial charge in [0.05, 0.1) is 0 Å². The second-order valence-corrected chi connectivity index (χ2v) is 18.6. The molecule has 0 unspecified atom stereocenters. The highest BCUT2D eigenvalue weighted by atomic mass is 31.2. The summed E-state index contributed by atoms with van der Waals surface area (Å²) < 4.78 is 32.6. The van der Waals surface area contributed by atoms with Crippen molar-refractivity contribution in [3.8, 4) is 11.1 Å². The molecule has 0 bridgehead atoms. The minimum atomic E-state index is -3.37. The Morgan fingerprint density at radius 3 is 0.938 bits per heavy atom. The van der Waals surface area contributed by atoms with Crippen molar-refractivity contribution >= 4 is 46.1 Å². The molecule has 0 N–H and O–H groups in total. The smallest absolute Gasteiger partial charge is 0.171 e. The van der Waals surface area contributed by atoms with E-state index in [4.69, 9.17) is 0 Å². The molecule has 48 heavy (non-hydrogen) atoms. The molecule has 0 amide bonds. The molecule has 238 valence electrons. The monoisotopic (exact) mass is 662 g/mol. The molecule has 4 heteroatoms. The van der Waals surface area contributed by atoms with E-state index < -0.39 is 14.3 Å². The van der Waals surface area contributed by atoms with E-state index in [0.717, 1.165) is 94.3 Å². The van der Waals surface area contributed by atoms with E-state index in [1.807, 2.05) is 121 Å². The molecule has 8 rings (SSSR count). The first-order valence-corrected chi connectivity index (χ1v) is 20.7. The summed E-state index contributed by atoms with van der Waals surface area (Å²) in [6, 6.07) is 49.0. The summed E-state index contributed by atoms with van der Waals surface area (Å²) in [6.45, 7) is 0. The highest BCUT2D eigenvalue weighted by Crippen LogP contribution is 2.52. The summed E-state index contributed by atoms with van der Waals surface area (Å²) in [5.41, 5.74) is 7.40. The highest BCUT2D eigenvalue weighted by molar-refractivity contribution is 7.86. The van der Waals surface area contributed by atoms with E-state index in [1.54, 1.807) is 0 Å². The van der Waals surface area contributed by atoms with E-state index in [-0.39, 0.29) is 0 Å². The van der Waals surface area contributed by atoms with Crippen LogP contribution in [0.4, 0.5) is 0 Å². The molecule has 0 atom stereocenters. The lowest BCUT2D eigenvalue weighted by atomic mass is 9.81. The normalized spacial score (nSPS) is 14.6. The molecule has 0 radical (unpaired) electrons. The number of fused-ring (bicyclic) bond motifs is 2. The van der Waals surface area contributed by atoms with Crippen LogP contribution < -0.4 is 31.8 Å². The van der Waals surface area contributed by atoms with Crippen molar-refractivity contribution in [2.24, 2.45) is 0 Å². The lowest BCUT2D eigenvalue weighted by Crippen LogP contribution is -2.32. The molecule has 0 spiro atoms. The predicted octanol–water partition coefficient (Wildman–Crippen LogP) is 8.39. The average Bonchev–Trinajstić information content (AvgIpc) is 3.18. The Morgan fingerprint density at radius 1 is 0.333 bits per heavy atom. The van der Waals surface area contributed by atoms with Gasteiger partial charge in [0, 0.05) is 31.8 Å². The van der Waals surface area contributed by atoms with Crippen molar-refractivity contribution in [1.82, 2.24) is 0 Å². The zero-order chi connectivity index (χ0) is 32.6. The molecule has 0 aromatic heterocycles. The van der Waals surface area contributed by atoms with Crippen molar-refractivity contribution in [2.45, 2.75) is 51.4 Å². The number of hydrogen-bond acceptors (Lipinski definition) is 2. The minimum Gasteiger partial charge on any atom is -0.309 e. The Balaban J connectivity index is 1.54. The van der Waals surface area contributed by atoms with Crippen molar-refractivity contribution in [2.75, 3.05) is 0 Å². The van der Waals surface area contributed by atoms with Gasteiger partial charge >= 0.3 is 0 Å². The van der Waals surface area contributed by atoms with Gasteiger partial charge in [-0.2, -0.15) is 0 Å². The Kier molecular flexibility index (Phi) is 8.42. The van der Waals surface area contributed by atoms with E-state index in [9.17, 15) is 0 Å². The predicted molar refractivity (Wildman–Crippen MR) is 204 cm³/mol. The molecule has 2 aliphatic rings. The lowest BCUT2D eigenvalue weighted by Gasteiger charge is -2.33. The van der Waals surface area contributed by atoms with Crippen LogP contribution in [0.2, 0.25) is 0 Å². The van der Waals surface area contributed by atoms with Crippen LogP contribution in [-0.4, -0.2) is 0 Å². The molecule has 6 aromatic rings. The van der Waals surface area contributed by atoms with Gasteiger partial charge in [-0.15, -0.1) is 0 Å². The number of aryl methyl sites for hydroxylation is 2. The number of benzene rings is 6. The molecule has 2 nitrogen and oxygen atoms in total. The Morgan fingerprint density at radius 2 is 0.625 bits per heavy atom. The van der Waals surface area contributed by atoms with Crippen LogP contribution in [-0.2, 0) is 34.8 Å². The second kappa shape index (κ2) is 13.0. The average molecular weight is 663 g/mol. The molecular formula is C44H40O2P2. The quantitative estimate of drug-likeness (QED) is 0.161. The summed E-state index contributed by atoms with van der Waals surface area (Å²) in [7, 11) is -6.74. The second-order valence-electron chi connectivity index (χ2n) is 13.2. The number of hydrogen-bond donors (Lipinski definition) is 0. The first-order valence-electron chi connectivity index (χ1n) is 17.3. The SMILES string of the molecule is O=P(c1ccccc1)(c1ccccc1)c1ccc2c(c1-c1c(P(=O)(c3ccccc3)c3ccccc3)ccc3c1CCCC3)CCCC2. The molecule has 2 aliphatic carbocycles. The third-order valence-corrected chi connectivity index (χ3v) is 16.6. The fraction of sp³-hybridized carbons (Fsp3) is 0.182. The van der Waals surface area contributed by atoms with Gasteiger partial charge in [0.25, 0.3) is 0 Å². The summed E-state index contributed by atoms with van der Waals surface area (Å²) in [4.78, 5) is 0. The molecule has 0 aliphatic heterocycles. The van der Waals surface area contributed by atoms with Crippen LogP contribution in [0, 0.1) is 0 Å². The maximum atomic E-state index is 16.3. The standard InChI is InChI=1S/C44H40O2P2/c45-47(35-19-5-1-6-20-35,36-21-7-2-8-22-36)41-31-29-33-17-13-15-27-39(33)43(41)44-40-28-16-14-18-34(40)30-32-42(44)48(46,37-23-9-3-10-24-37)38-25-11-4-12-26-38/h1-12,19-26,29-32H,13-18,27-28H2. The fourth-order valence-corrected chi connectivity index (χ4v) is 13.9. The van der Waals surface area contributed by atoms with E-state index in [1.165, 1.54) is 22.3 Å². The Bertz CT molecular complexity index is 1930. The van der Waals surface area contributed by atoms with E-state index >= 15 is 9.13 Å². The molecule has 0 fully saturated rings. The minimum absolute atomic E-state index is 0.828. The largest absolute Gasteiger partial charge is 0.309 e. The number of rotatable bonds is 7. The van der Waals surface area contributed by atoms with Gasteiger partial charge in [-0.25, -0.2) is 0 Å². The van der Waals surface area contributed by atoms with Gasteiger partial charge in [-0.1, -0.05) is 133 Å². The zero-order valence-electron chi connectivity index (χ0n) is 27.2. The third kappa shape index (κ3) is 5.18. The van der Waals surface area contributed by atoms with Gasteiger partial charge in [-0.05, 0) is 96.9 Å². The van der Waals surface area contributed by atoms with Crippen molar-refractivity contribution in [3.63, 3.8) is 0 Å².